The molecule has 0 heterocycles. The molecule has 0 aliphatic carbocycles. The summed E-state index contributed by atoms with van der Waals surface area (Å²) in [7, 11) is 1.71. The minimum Gasteiger partial charge on any atom is -0.383 e. The van der Waals surface area contributed by atoms with E-state index < -0.39 is 0 Å². The largest absolute Gasteiger partial charge is 0.383 e. The van der Waals surface area contributed by atoms with Crippen molar-refractivity contribution in [3.63, 3.8) is 0 Å². The van der Waals surface area contributed by atoms with Crippen molar-refractivity contribution in [1.82, 2.24) is 4.90 Å². The third kappa shape index (κ3) is 7.51. The zero-order valence-corrected chi connectivity index (χ0v) is 10.7. The molecule has 15 heavy (non-hydrogen) atoms. The van der Waals surface area contributed by atoms with Gasteiger partial charge in [0.1, 0.15) is 6.29 Å². The number of rotatable bonds is 8. The Balaban J connectivity index is 4.16. The van der Waals surface area contributed by atoms with Crippen LogP contribution in [0.4, 0.5) is 0 Å². The van der Waals surface area contributed by atoms with Crippen molar-refractivity contribution in [3.8, 4) is 0 Å². The zero-order valence-electron chi connectivity index (χ0n) is 10.7. The monoisotopic (exact) mass is 215 g/mol. The number of aldehydes is 1. The first kappa shape index (κ1) is 14.6. The fourth-order valence-corrected chi connectivity index (χ4v) is 1.59. The lowest BCUT2D eigenvalue weighted by Gasteiger charge is -2.30. The van der Waals surface area contributed by atoms with Crippen molar-refractivity contribution < 1.29 is 9.53 Å². The van der Waals surface area contributed by atoms with E-state index in [1.54, 1.807) is 7.11 Å². The van der Waals surface area contributed by atoms with Gasteiger partial charge in [0.15, 0.2) is 0 Å². The van der Waals surface area contributed by atoms with Crippen molar-refractivity contribution in [3.05, 3.63) is 0 Å². The summed E-state index contributed by atoms with van der Waals surface area (Å²) >= 11 is 0. The number of nitrogens with zero attached hydrogens (tertiary/aromatic N) is 1. The molecule has 0 aliphatic heterocycles. The highest BCUT2D eigenvalue weighted by atomic mass is 16.5. The minimum atomic E-state index is -0.261. The SMILES string of the molecule is COCCN(CC(C)C)CC(C)(C)C=O. The van der Waals surface area contributed by atoms with Gasteiger partial charge in [0.2, 0.25) is 0 Å². The van der Waals surface area contributed by atoms with Gasteiger partial charge in [0, 0.05) is 32.2 Å². The highest BCUT2D eigenvalue weighted by Gasteiger charge is 2.21. The van der Waals surface area contributed by atoms with Gasteiger partial charge in [-0.25, -0.2) is 0 Å². The van der Waals surface area contributed by atoms with E-state index in [1.165, 1.54) is 0 Å². The number of carbonyl (C=O) groups excluding carboxylic acids is 1. The van der Waals surface area contributed by atoms with E-state index in [0.29, 0.717) is 5.92 Å². The van der Waals surface area contributed by atoms with Gasteiger partial charge in [0.25, 0.3) is 0 Å². The maximum atomic E-state index is 10.9. The average molecular weight is 215 g/mol. The van der Waals surface area contributed by atoms with Gasteiger partial charge in [-0.3, -0.25) is 4.90 Å². The Kier molecular flexibility index (Phi) is 6.77. The topological polar surface area (TPSA) is 29.5 Å². The van der Waals surface area contributed by atoms with Crippen molar-refractivity contribution in [2.45, 2.75) is 27.7 Å². The van der Waals surface area contributed by atoms with Gasteiger partial charge in [-0.05, 0) is 5.92 Å². The van der Waals surface area contributed by atoms with E-state index in [9.17, 15) is 4.79 Å². The molecule has 0 unspecified atom stereocenters. The third-order valence-electron chi connectivity index (χ3n) is 2.19. The van der Waals surface area contributed by atoms with Crippen LogP contribution in [0.3, 0.4) is 0 Å². The standard InChI is InChI=1S/C12H25NO2/c1-11(2)8-13(6-7-15-5)9-12(3,4)10-14/h10-11H,6-9H2,1-5H3. The van der Waals surface area contributed by atoms with Crippen molar-refractivity contribution in [2.75, 3.05) is 33.4 Å². The molecule has 0 spiro atoms. The molecule has 0 saturated carbocycles. The zero-order chi connectivity index (χ0) is 11.9. The van der Waals surface area contributed by atoms with Gasteiger partial charge in [-0.15, -0.1) is 0 Å². The quantitative estimate of drug-likeness (QED) is 0.578. The molecule has 3 heteroatoms. The molecular weight excluding hydrogens is 190 g/mol. The Morgan fingerprint density at radius 2 is 2.00 bits per heavy atom. The van der Waals surface area contributed by atoms with Crippen LogP contribution in [0, 0.1) is 11.3 Å². The second-order valence-electron chi connectivity index (χ2n) is 5.23. The molecule has 0 N–H and O–H groups in total. The normalized spacial score (nSPS) is 12.5. The van der Waals surface area contributed by atoms with Crippen LogP contribution in [0.25, 0.3) is 0 Å². The number of hydrogen-bond donors (Lipinski definition) is 0. The summed E-state index contributed by atoms with van der Waals surface area (Å²) in [6, 6.07) is 0. The average Bonchev–Trinajstić information content (AvgIpc) is 2.13. The van der Waals surface area contributed by atoms with Crippen LogP contribution >= 0.6 is 0 Å². The summed E-state index contributed by atoms with van der Waals surface area (Å²) in [6.45, 7) is 11.8. The molecule has 0 amide bonds. The predicted octanol–water partition coefficient (Wildman–Crippen LogP) is 1.82. The Labute approximate surface area is 93.8 Å². The summed E-state index contributed by atoms with van der Waals surface area (Å²) in [5.74, 6) is 0.615. The molecule has 0 radical (unpaired) electrons. The van der Waals surface area contributed by atoms with Gasteiger partial charge >= 0.3 is 0 Å². The maximum absolute atomic E-state index is 10.9. The Morgan fingerprint density at radius 1 is 1.40 bits per heavy atom. The Morgan fingerprint density at radius 3 is 2.40 bits per heavy atom. The lowest BCUT2D eigenvalue weighted by molar-refractivity contribution is -0.115. The van der Waals surface area contributed by atoms with Crippen LogP contribution in [0.2, 0.25) is 0 Å². The van der Waals surface area contributed by atoms with Crippen LogP contribution in [0.1, 0.15) is 27.7 Å². The molecular formula is C12H25NO2. The van der Waals surface area contributed by atoms with Gasteiger partial charge in [-0.2, -0.15) is 0 Å². The van der Waals surface area contributed by atoms with E-state index in [4.69, 9.17) is 4.74 Å². The highest BCUT2D eigenvalue weighted by Crippen LogP contribution is 2.14. The number of hydrogen-bond acceptors (Lipinski definition) is 3. The smallest absolute Gasteiger partial charge is 0.126 e. The van der Waals surface area contributed by atoms with Crippen LogP contribution in [0.15, 0.2) is 0 Å². The van der Waals surface area contributed by atoms with Crippen LogP contribution in [-0.2, 0) is 9.53 Å². The predicted molar refractivity (Wildman–Crippen MR) is 63.0 cm³/mol. The first-order valence-electron chi connectivity index (χ1n) is 5.59. The van der Waals surface area contributed by atoms with E-state index in [-0.39, 0.29) is 5.41 Å². The number of ether oxygens (including phenoxy) is 1. The lowest BCUT2D eigenvalue weighted by atomic mass is 9.94. The molecule has 90 valence electrons. The fourth-order valence-electron chi connectivity index (χ4n) is 1.59. The van der Waals surface area contributed by atoms with Crippen LogP contribution in [0.5, 0.6) is 0 Å². The number of carbonyl (C=O) groups is 1. The first-order chi connectivity index (χ1) is 6.91. The Bertz CT molecular complexity index is 178. The number of methoxy groups -OCH3 is 1. The fraction of sp³-hybridized carbons (Fsp3) is 0.917. The van der Waals surface area contributed by atoms with Gasteiger partial charge in [0.05, 0.1) is 6.61 Å². The van der Waals surface area contributed by atoms with Crippen molar-refractivity contribution in [1.29, 1.82) is 0 Å². The molecule has 0 aliphatic rings. The van der Waals surface area contributed by atoms with E-state index >= 15 is 0 Å². The van der Waals surface area contributed by atoms with Gasteiger partial charge in [-0.1, -0.05) is 27.7 Å². The van der Waals surface area contributed by atoms with E-state index in [2.05, 4.69) is 18.7 Å². The second-order valence-corrected chi connectivity index (χ2v) is 5.23. The molecule has 0 aromatic heterocycles. The summed E-state index contributed by atoms with van der Waals surface area (Å²) < 4.78 is 5.07. The van der Waals surface area contributed by atoms with Crippen molar-refractivity contribution in [2.24, 2.45) is 11.3 Å². The lowest BCUT2D eigenvalue weighted by Crippen LogP contribution is -2.39. The highest BCUT2D eigenvalue weighted by molar-refractivity contribution is 5.58. The summed E-state index contributed by atoms with van der Waals surface area (Å²) in [5.41, 5.74) is -0.261. The third-order valence-corrected chi connectivity index (χ3v) is 2.19. The second kappa shape index (κ2) is 6.96. The molecule has 0 saturated heterocycles. The summed E-state index contributed by atoms with van der Waals surface area (Å²) in [4.78, 5) is 13.2. The minimum absolute atomic E-state index is 0.261. The summed E-state index contributed by atoms with van der Waals surface area (Å²) in [6.07, 6.45) is 1.03. The molecule has 0 aromatic carbocycles. The molecule has 0 fully saturated rings. The van der Waals surface area contributed by atoms with E-state index in [0.717, 1.165) is 32.5 Å². The maximum Gasteiger partial charge on any atom is 0.126 e. The Hall–Kier alpha value is -0.410. The molecule has 0 aromatic rings. The van der Waals surface area contributed by atoms with Crippen molar-refractivity contribution >= 4 is 6.29 Å². The van der Waals surface area contributed by atoms with Gasteiger partial charge < -0.3 is 9.53 Å². The molecule has 0 atom stereocenters. The van der Waals surface area contributed by atoms with E-state index in [1.807, 2.05) is 13.8 Å². The molecule has 0 bridgehead atoms. The molecule has 3 nitrogen and oxygen atoms in total. The van der Waals surface area contributed by atoms with Crippen LogP contribution in [-0.4, -0.2) is 44.5 Å². The van der Waals surface area contributed by atoms with Crippen LogP contribution < -0.4 is 0 Å². The molecule has 0 rings (SSSR count). The first-order valence-corrected chi connectivity index (χ1v) is 5.59. The summed E-state index contributed by atoms with van der Waals surface area (Å²) in [5, 5.41) is 0.